The third kappa shape index (κ3) is 5.70. The minimum atomic E-state index is -0.468. The van der Waals surface area contributed by atoms with E-state index in [0.717, 1.165) is 30.5 Å². The van der Waals surface area contributed by atoms with Crippen molar-refractivity contribution in [2.75, 3.05) is 30.3 Å². The second-order valence-corrected chi connectivity index (χ2v) is 8.31. The zero-order valence-electron chi connectivity index (χ0n) is 19.0. The lowest BCUT2D eigenvalue weighted by molar-refractivity contribution is -0.127. The summed E-state index contributed by atoms with van der Waals surface area (Å²) in [7, 11) is 0. The number of rotatable bonds is 8. The topological polar surface area (TPSA) is 94.6 Å². The van der Waals surface area contributed by atoms with Gasteiger partial charge >= 0.3 is 0 Å². The molecule has 0 saturated carbocycles. The maximum Gasteiger partial charge on any atom is 0.222 e. The van der Waals surface area contributed by atoms with E-state index < -0.39 is 5.82 Å². The van der Waals surface area contributed by atoms with Gasteiger partial charge in [0.1, 0.15) is 17.4 Å². The van der Waals surface area contributed by atoms with Crippen LogP contribution in [-0.2, 0) is 9.59 Å². The Balaban J connectivity index is 1.59. The van der Waals surface area contributed by atoms with Crippen LogP contribution in [0.15, 0.2) is 54.6 Å². The van der Waals surface area contributed by atoms with Crippen LogP contribution < -0.4 is 10.6 Å². The van der Waals surface area contributed by atoms with E-state index in [1.807, 2.05) is 23.1 Å². The van der Waals surface area contributed by atoms with Crippen LogP contribution in [0.4, 0.5) is 15.9 Å². The number of amides is 2. The quantitative estimate of drug-likeness (QED) is 0.424. The lowest BCUT2D eigenvalue weighted by Crippen LogP contribution is -2.27. The zero-order valence-corrected chi connectivity index (χ0v) is 19.0. The first-order chi connectivity index (χ1) is 16.4. The monoisotopic (exact) mass is 462 g/mol. The van der Waals surface area contributed by atoms with E-state index >= 15 is 0 Å². The SMILES string of the molecule is CC(=O)Nc1ccc(-c2cc(NCCCN3CCCC3=O)nc(-c3cc(F)ccc3O)c2)cc1. The molecular weight excluding hydrogens is 435 g/mol. The fourth-order valence-corrected chi connectivity index (χ4v) is 4.02. The number of nitrogens with zero attached hydrogens (tertiary/aromatic N) is 2. The van der Waals surface area contributed by atoms with Crippen molar-refractivity contribution in [1.29, 1.82) is 0 Å². The lowest BCUT2D eigenvalue weighted by atomic mass is 10.0. The molecule has 0 radical (unpaired) electrons. The van der Waals surface area contributed by atoms with E-state index in [0.29, 0.717) is 42.3 Å². The number of likely N-dealkylation sites (tertiary alicyclic amines) is 1. The van der Waals surface area contributed by atoms with Crippen LogP contribution in [0.3, 0.4) is 0 Å². The largest absolute Gasteiger partial charge is 0.507 e. The van der Waals surface area contributed by atoms with Crippen molar-refractivity contribution in [2.45, 2.75) is 26.2 Å². The van der Waals surface area contributed by atoms with E-state index in [4.69, 9.17) is 0 Å². The highest BCUT2D eigenvalue weighted by atomic mass is 19.1. The highest BCUT2D eigenvalue weighted by Crippen LogP contribution is 2.33. The van der Waals surface area contributed by atoms with Crippen LogP contribution in [0, 0.1) is 5.82 Å². The van der Waals surface area contributed by atoms with Crippen LogP contribution in [0.5, 0.6) is 5.75 Å². The molecule has 8 heteroatoms. The molecule has 2 amide bonds. The normalized spacial score (nSPS) is 13.2. The first-order valence-corrected chi connectivity index (χ1v) is 11.3. The summed E-state index contributed by atoms with van der Waals surface area (Å²) in [6, 6.07) is 14.8. The van der Waals surface area contributed by atoms with Gasteiger partial charge in [0.2, 0.25) is 11.8 Å². The number of hydrogen-bond donors (Lipinski definition) is 3. The molecule has 7 nitrogen and oxygen atoms in total. The summed E-state index contributed by atoms with van der Waals surface area (Å²) in [5, 5.41) is 16.4. The van der Waals surface area contributed by atoms with Crippen molar-refractivity contribution in [2.24, 2.45) is 0 Å². The predicted octanol–water partition coefficient (Wildman–Crippen LogP) is 4.64. The van der Waals surface area contributed by atoms with Crippen LogP contribution in [0.25, 0.3) is 22.4 Å². The summed E-state index contributed by atoms with van der Waals surface area (Å²) in [6.45, 7) is 3.56. The second-order valence-electron chi connectivity index (χ2n) is 8.31. The van der Waals surface area contributed by atoms with Crippen molar-refractivity contribution >= 4 is 23.3 Å². The van der Waals surface area contributed by atoms with Crippen LogP contribution in [-0.4, -0.2) is 46.4 Å². The highest BCUT2D eigenvalue weighted by molar-refractivity contribution is 5.89. The molecule has 1 aromatic heterocycles. The van der Waals surface area contributed by atoms with Gasteiger partial charge in [-0.3, -0.25) is 9.59 Å². The van der Waals surface area contributed by atoms with Gasteiger partial charge < -0.3 is 20.6 Å². The number of pyridine rings is 1. The third-order valence-electron chi connectivity index (χ3n) is 5.68. The maximum atomic E-state index is 13.9. The molecule has 0 unspecified atom stereocenters. The number of benzene rings is 2. The van der Waals surface area contributed by atoms with Gasteiger partial charge in [-0.15, -0.1) is 0 Å². The molecule has 0 atom stereocenters. The summed E-state index contributed by atoms with van der Waals surface area (Å²) < 4.78 is 13.9. The van der Waals surface area contributed by atoms with Crippen LogP contribution in [0.2, 0.25) is 0 Å². The van der Waals surface area contributed by atoms with Gasteiger partial charge in [0, 0.05) is 44.2 Å². The number of halogens is 1. The Morgan fingerprint density at radius 3 is 2.62 bits per heavy atom. The Morgan fingerprint density at radius 2 is 1.91 bits per heavy atom. The van der Waals surface area contributed by atoms with Gasteiger partial charge in [-0.1, -0.05) is 12.1 Å². The van der Waals surface area contributed by atoms with Crippen molar-refractivity contribution < 1.29 is 19.1 Å². The number of nitrogens with one attached hydrogen (secondary N) is 2. The van der Waals surface area contributed by atoms with Crippen molar-refractivity contribution in [3.05, 3.63) is 60.4 Å². The molecule has 3 aromatic rings. The van der Waals surface area contributed by atoms with Crippen LogP contribution in [0.1, 0.15) is 26.2 Å². The fourth-order valence-electron chi connectivity index (χ4n) is 4.02. The molecule has 4 rings (SSSR count). The number of phenols is 1. The number of phenolic OH excluding ortho intramolecular Hbond substituents is 1. The fraction of sp³-hybridized carbons (Fsp3) is 0.269. The molecule has 34 heavy (non-hydrogen) atoms. The summed E-state index contributed by atoms with van der Waals surface area (Å²) in [5.41, 5.74) is 3.10. The Kier molecular flexibility index (Phi) is 7.06. The van der Waals surface area contributed by atoms with Crippen molar-refractivity contribution in [3.8, 4) is 28.1 Å². The number of anilines is 2. The summed E-state index contributed by atoms with van der Waals surface area (Å²) >= 11 is 0. The molecule has 176 valence electrons. The molecule has 0 spiro atoms. The number of carbonyl (C=O) groups is 2. The van der Waals surface area contributed by atoms with Gasteiger partial charge in [-0.05, 0) is 66.4 Å². The Hall–Kier alpha value is -3.94. The van der Waals surface area contributed by atoms with Gasteiger partial charge in [0.15, 0.2) is 0 Å². The molecule has 2 aromatic carbocycles. The summed E-state index contributed by atoms with van der Waals surface area (Å²) in [4.78, 5) is 29.6. The van der Waals surface area contributed by atoms with E-state index in [2.05, 4.69) is 15.6 Å². The van der Waals surface area contributed by atoms with Crippen molar-refractivity contribution in [3.63, 3.8) is 0 Å². The van der Waals surface area contributed by atoms with Gasteiger partial charge in [-0.2, -0.15) is 0 Å². The average molecular weight is 463 g/mol. The molecule has 0 aliphatic carbocycles. The zero-order chi connectivity index (χ0) is 24.1. The molecule has 1 fully saturated rings. The smallest absolute Gasteiger partial charge is 0.222 e. The molecule has 2 heterocycles. The van der Waals surface area contributed by atoms with E-state index in [1.165, 1.54) is 25.1 Å². The predicted molar refractivity (Wildman–Crippen MR) is 130 cm³/mol. The summed E-state index contributed by atoms with van der Waals surface area (Å²) in [5.74, 6) is 0.0965. The minimum absolute atomic E-state index is 0.0643. The maximum absolute atomic E-state index is 13.9. The van der Waals surface area contributed by atoms with Crippen LogP contribution >= 0.6 is 0 Å². The average Bonchev–Trinajstić information content (AvgIpc) is 3.23. The molecule has 1 saturated heterocycles. The molecule has 0 bridgehead atoms. The molecular formula is C26H27FN4O3. The molecule has 1 aliphatic heterocycles. The van der Waals surface area contributed by atoms with E-state index in [1.54, 1.807) is 18.2 Å². The highest BCUT2D eigenvalue weighted by Gasteiger charge is 2.19. The Bertz CT molecular complexity index is 1200. The number of hydrogen-bond acceptors (Lipinski definition) is 5. The number of carbonyl (C=O) groups excluding carboxylic acids is 2. The van der Waals surface area contributed by atoms with Gasteiger partial charge in [0.25, 0.3) is 0 Å². The second kappa shape index (κ2) is 10.3. The standard InChI is InChI=1S/C26H27FN4O3/c1-17(32)29-21-8-5-18(6-9-21)19-14-23(22-16-20(27)7-10-24(22)33)30-25(15-19)28-11-3-13-31-12-2-4-26(31)34/h5-10,14-16,33H,2-4,11-13H2,1H3,(H,28,30)(H,29,32). The van der Waals surface area contributed by atoms with Gasteiger partial charge in [0.05, 0.1) is 5.69 Å². The first-order valence-electron chi connectivity index (χ1n) is 11.3. The van der Waals surface area contributed by atoms with Crippen molar-refractivity contribution in [1.82, 2.24) is 9.88 Å². The molecule has 3 N–H and O–H groups in total. The Morgan fingerprint density at radius 1 is 1.12 bits per heavy atom. The van der Waals surface area contributed by atoms with Gasteiger partial charge in [-0.25, -0.2) is 9.37 Å². The van der Waals surface area contributed by atoms with E-state index in [-0.39, 0.29) is 17.6 Å². The summed E-state index contributed by atoms with van der Waals surface area (Å²) in [6.07, 6.45) is 2.30. The number of aromatic hydroxyl groups is 1. The molecule has 1 aliphatic rings. The minimum Gasteiger partial charge on any atom is -0.507 e. The third-order valence-corrected chi connectivity index (χ3v) is 5.68. The Labute approximate surface area is 197 Å². The number of aromatic nitrogens is 1. The lowest BCUT2D eigenvalue weighted by Gasteiger charge is -2.16. The first kappa shape index (κ1) is 23.2. The van der Waals surface area contributed by atoms with E-state index in [9.17, 15) is 19.1 Å².